The van der Waals surface area contributed by atoms with E-state index in [9.17, 15) is 14.4 Å². The molecule has 42 heavy (non-hydrogen) atoms. The molecular formula is C33H36N6O3. The number of aromatic nitrogens is 4. The highest BCUT2D eigenvalue weighted by atomic mass is 16.2. The molecule has 2 aromatic carbocycles. The van der Waals surface area contributed by atoms with Gasteiger partial charge in [-0.1, -0.05) is 75.1 Å². The number of amides is 1. The topological polar surface area (TPSA) is 111 Å². The van der Waals surface area contributed by atoms with Crippen molar-refractivity contribution in [2.45, 2.75) is 78.2 Å². The molecule has 2 aliphatic rings. The van der Waals surface area contributed by atoms with Crippen LogP contribution in [-0.4, -0.2) is 36.6 Å². The summed E-state index contributed by atoms with van der Waals surface area (Å²) in [5, 5.41) is 8.98. The van der Waals surface area contributed by atoms with E-state index in [4.69, 9.17) is 0 Å². The first-order valence-electron chi connectivity index (χ1n) is 15.0. The molecule has 0 radical (unpaired) electrons. The van der Waals surface area contributed by atoms with Gasteiger partial charge in [0.25, 0.3) is 5.56 Å². The van der Waals surface area contributed by atoms with Gasteiger partial charge in [-0.3, -0.25) is 19.0 Å². The minimum absolute atomic E-state index is 0.00726. The molecule has 9 heteroatoms. The molecule has 0 atom stereocenters. The molecule has 1 saturated carbocycles. The zero-order chi connectivity index (χ0) is 29.2. The first kappa shape index (κ1) is 27.8. The normalized spacial score (nSPS) is 15.7. The lowest BCUT2D eigenvalue weighted by molar-refractivity contribution is -0.124. The maximum absolute atomic E-state index is 14.2. The monoisotopic (exact) mass is 564 g/mol. The molecule has 3 heterocycles. The van der Waals surface area contributed by atoms with Crippen LogP contribution in [0.15, 0.2) is 58.4 Å². The number of carbonyl (C=O) groups excluding carboxylic acids is 2. The molecule has 1 N–H and O–H groups in total. The van der Waals surface area contributed by atoms with Crippen LogP contribution < -0.4 is 11.0 Å². The number of hydrazone groups is 1. The Morgan fingerprint density at radius 2 is 1.81 bits per heavy atom. The number of aryl methyl sites for hydroxylation is 2. The van der Waals surface area contributed by atoms with Gasteiger partial charge in [-0.25, -0.2) is 9.94 Å². The fourth-order valence-corrected chi connectivity index (χ4v) is 6.32. The standard InChI is InChI=1S/C33H36N6O3/c1-3-10-29-27(32(42)38(33-34-21(2)37-39(29)33)20-30(40)24-13-8-5-9-14-24)18-22-15-16-25(23-11-6-4-7-12-23)26(17-22)28-19-31(41)36-35-28/h4,6-7,11-12,15-17,24H,3,5,8-10,13-14,18-20H2,1-2H3,(H,36,41). The van der Waals surface area contributed by atoms with Gasteiger partial charge in [0.15, 0.2) is 5.78 Å². The van der Waals surface area contributed by atoms with Crippen molar-refractivity contribution in [3.8, 4) is 11.1 Å². The molecule has 2 aromatic heterocycles. The van der Waals surface area contributed by atoms with Crippen molar-refractivity contribution in [3.05, 3.63) is 87.1 Å². The minimum Gasteiger partial charge on any atom is -0.297 e. The van der Waals surface area contributed by atoms with E-state index in [1.807, 2.05) is 55.5 Å². The van der Waals surface area contributed by atoms with Gasteiger partial charge in [0, 0.05) is 23.5 Å². The maximum Gasteiger partial charge on any atom is 0.259 e. The minimum atomic E-state index is -0.189. The van der Waals surface area contributed by atoms with Crippen molar-refractivity contribution in [1.82, 2.24) is 24.6 Å². The van der Waals surface area contributed by atoms with Crippen molar-refractivity contribution in [2.75, 3.05) is 0 Å². The number of rotatable bonds is 9. The molecule has 1 amide bonds. The molecule has 1 fully saturated rings. The summed E-state index contributed by atoms with van der Waals surface area (Å²) in [6.45, 7) is 3.90. The van der Waals surface area contributed by atoms with Gasteiger partial charge < -0.3 is 0 Å². The third kappa shape index (κ3) is 5.43. The summed E-state index contributed by atoms with van der Waals surface area (Å²) in [6, 6.07) is 16.1. The van der Waals surface area contributed by atoms with Crippen LogP contribution in [-0.2, 0) is 29.0 Å². The van der Waals surface area contributed by atoms with Crippen LogP contribution >= 0.6 is 0 Å². The fraction of sp³-hybridized carbons (Fsp3) is 0.394. The Balaban J connectivity index is 1.45. The number of benzene rings is 2. The quantitative estimate of drug-likeness (QED) is 0.315. The molecule has 9 nitrogen and oxygen atoms in total. The predicted molar refractivity (Wildman–Crippen MR) is 162 cm³/mol. The van der Waals surface area contributed by atoms with Gasteiger partial charge >= 0.3 is 0 Å². The number of ketones is 1. The van der Waals surface area contributed by atoms with Gasteiger partial charge in [-0.2, -0.15) is 15.2 Å². The lowest BCUT2D eigenvalue weighted by Gasteiger charge is -2.21. The molecule has 1 aliphatic heterocycles. The summed E-state index contributed by atoms with van der Waals surface area (Å²) < 4.78 is 3.31. The second kappa shape index (κ2) is 11.8. The largest absolute Gasteiger partial charge is 0.297 e. The second-order valence-electron chi connectivity index (χ2n) is 11.4. The highest BCUT2D eigenvalue weighted by Crippen LogP contribution is 2.29. The van der Waals surface area contributed by atoms with Crippen molar-refractivity contribution in [3.63, 3.8) is 0 Å². The molecule has 0 bridgehead atoms. The predicted octanol–water partition coefficient (Wildman–Crippen LogP) is 4.78. The maximum atomic E-state index is 14.2. The Morgan fingerprint density at radius 3 is 2.52 bits per heavy atom. The van der Waals surface area contributed by atoms with Crippen LogP contribution in [0, 0.1) is 12.8 Å². The Kier molecular flexibility index (Phi) is 7.82. The van der Waals surface area contributed by atoms with Crippen LogP contribution in [0.1, 0.15) is 80.1 Å². The van der Waals surface area contributed by atoms with Gasteiger partial charge in [0.2, 0.25) is 11.7 Å². The number of hydrogen-bond acceptors (Lipinski definition) is 6. The third-order valence-corrected chi connectivity index (χ3v) is 8.41. The highest BCUT2D eigenvalue weighted by Gasteiger charge is 2.26. The summed E-state index contributed by atoms with van der Waals surface area (Å²) in [5.74, 6) is 0.939. The zero-order valence-electron chi connectivity index (χ0n) is 24.2. The van der Waals surface area contributed by atoms with E-state index in [2.05, 4.69) is 27.5 Å². The molecule has 216 valence electrons. The average molecular weight is 565 g/mol. The van der Waals surface area contributed by atoms with Gasteiger partial charge in [-0.15, -0.1) is 0 Å². The first-order valence-corrected chi connectivity index (χ1v) is 15.0. The van der Waals surface area contributed by atoms with Gasteiger partial charge in [0.05, 0.1) is 24.4 Å². The van der Waals surface area contributed by atoms with E-state index < -0.39 is 0 Å². The number of nitrogens with one attached hydrogen (secondary N) is 1. The second-order valence-corrected chi connectivity index (χ2v) is 11.4. The van der Waals surface area contributed by atoms with Crippen molar-refractivity contribution in [2.24, 2.45) is 11.0 Å². The van der Waals surface area contributed by atoms with Crippen LogP contribution in [0.2, 0.25) is 0 Å². The molecule has 1 aliphatic carbocycles. The van der Waals surface area contributed by atoms with Crippen LogP contribution in [0.4, 0.5) is 0 Å². The van der Waals surface area contributed by atoms with Crippen molar-refractivity contribution >= 4 is 23.2 Å². The third-order valence-electron chi connectivity index (χ3n) is 8.41. The van der Waals surface area contributed by atoms with Gasteiger partial charge in [0.1, 0.15) is 5.82 Å². The van der Waals surface area contributed by atoms with Crippen LogP contribution in [0.5, 0.6) is 0 Å². The van der Waals surface area contributed by atoms with E-state index in [-0.39, 0.29) is 36.1 Å². The van der Waals surface area contributed by atoms with Crippen molar-refractivity contribution < 1.29 is 9.59 Å². The number of carbonyl (C=O) groups is 2. The summed E-state index contributed by atoms with van der Waals surface area (Å²) in [4.78, 5) is 44.3. The molecular weight excluding hydrogens is 528 g/mol. The van der Waals surface area contributed by atoms with E-state index >= 15 is 0 Å². The Hall–Kier alpha value is -4.40. The first-order chi connectivity index (χ1) is 20.4. The van der Waals surface area contributed by atoms with E-state index in [1.165, 1.54) is 4.57 Å². The fourth-order valence-electron chi connectivity index (χ4n) is 6.32. The van der Waals surface area contributed by atoms with Gasteiger partial charge in [-0.05, 0) is 48.9 Å². The number of nitrogens with zero attached hydrogens (tertiary/aromatic N) is 5. The Morgan fingerprint density at radius 1 is 1.02 bits per heavy atom. The number of Topliss-reactive ketones (excluding diaryl/α,β-unsaturated/α-hetero) is 1. The van der Waals surface area contributed by atoms with Crippen molar-refractivity contribution in [1.29, 1.82) is 0 Å². The lowest BCUT2D eigenvalue weighted by Crippen LogP contribution is -2.34. The van der Waals surface area contributed by atoms with E-state index in [0.29, 0.717) is 35.7 Å². The summed E-state index contributed by atoms with van der Waals surface area (Å²) in [5.41, 5.74) is 8.27. The average Bonchev–Trinajstić information content (AvgIpc) is 3.63. The summed E-state index contributed by atoms with van der Waals surface area (Å²) in [7, 11) is 0. The molecule has 0 saturated heterocycles. The zero-order valence-corrected chi connectivity index (χ0v) is 24.2. The molecule has 0 spiro atoms. The molecule has 6 rings (SSSR count). The summed E-state index contributed by atoms with van der Waals surface area (Å²) in [6.07, 6.45) is 7.08. The Bertz CT molecular complexity index is 1750. The smallest absolute Gasteiger partial charge is 0.259 e. The lowest BCUT2D eigenvalue weighted by atomic mass is 9.86. The SMILES string of the molecule is CCCc1c(Cc2ccc(-c3ccccc3)c(C3=NNC(=O)C3)c2)c(=O)n(CC(=O)C2CCCCC2)c2nc(C)nn12. The van der Waals surface area contributed by atoms with Crippen LogP contribution in [0.25, 0.3) is 16.9 Å². The number of fused-ring (bicyclic) bond motifs is 1. The molecule has 0 unspecified atom stereocenters. The highest BCUT2D eigenvalue weighted by molar-refractivity contribution is 6.16. The number of hydrogen-bond donors (Lipinski definition) is 1. The van der Waals surface area contributed by atoms with E-state index in [0.717, 1.165) is 66.5 Å². The summed E-state index contributed by atoms with van der Waals surface area (Å²) >= 11 is 0. The van der Waals surface area contributed by atoms with E-state index in [1.54, 1.807) is 4.52 Å². The Labute approximate surface area is 244 Å². The van der Waals surface area contributed by atoms with Crippen LogP contribution in [0.3, 0.4) is 0 Å². The molecule has 4 aromatic rings.